The molecule has 1 fully saturated rings. The summed E-state index contributed by atoms with van der Waals surface area (Å²) in [5, 5.41) is 3.11. The van der Waals surface area contributed by atoms with Crippen LogP contribution in [0.15, 0.2) is 36.9 Å². The second kappa shape index (κ2) is 9.27. The number of anilines is 3. The number of rotatable bonds is 7. The Morgan fingerprint density at radius 2 is 2.06 bits per heavy atom. The molecule has 1 saturated carbocycles. The SMILES string of the molecule is COc1cc(Nc2ncc3c(n2)N(C)C(CC(F)(F)F)CO3)ccc1-n1cnc(CC2CCC2)c1. The van der Waals surface area contributed by atoms with Crippen molar-refractivity contribution >= 4 is 17.5 Å². The number of aromatic nitrogens is 4. The molecule has 35 heavy (non-hydrogen) atoms. The topological polar surface area (TPSA) is 77.3 Å². The largest absolute Gasteiger partial charge is 0.494 e. The molecule has 0 spiro atoms. The van der Waals surface area contributed by atoms with Crippen molar-refractivity contribution in [2.24, 2.45) is 5.92 Å². The third-order valence-corrected chi connectivity index (χ3v) is 6.59. The number of halogens is 3. The van der Waals surface area contributed by atoms with Crippen LogP contribution in [0.2, 0.25) is 0 Å². The molecule has 0 saturated heterocycles. The van der Waals surface area contributed by atoms with E-state index in [2.05, 4.69) is 20.3 Å². The lowest BCUT2D eigenvalue weighted by Gasteiger charge is -2.35. The Morgan fingerprint density at radius 1 is 1.23 bits per heavy atom. The van der Waals surface area contributed by atoms with E-state index in [4.69, 9.17) is 9.47 Å². The zero-order valence-electron chi connectivity index (χ0n) is 19.5. The number of nitrogens with zero attached hydrogens (tertiary/aromatic N) is 5. The van der Waals surface area contributed by atoms with Crippen LogP contribution in [0.3, 0.4) is 0 Å². The first-order chi connectivity index (χ1) is 16.8. The van der Waals surface area contributed by atoms with E-state index in [1.807, 2.05) is 29.0 Å². The van der Waals surface area contributed by atoms with Gasteiger partial charge in [0.25, 0.3) is 0 Å². The minimum atomic E-state index is -4.29. The molecule has 2 aliphatic rings. The molecule has 0 radical (unpaired) electrons. The first kappa shape index (κ1) is 23.3. The molecule has 5 rings (SSSR count). The van der Waals surface area contributed by atoms with Crippen LogP contribution in [0, 0.1) is 5.92 Å². The number of likely N-dealkylation sites (N-methyl/N-ethyl adjacent to an activating group) is 1. The van der Waals surface area contributed by atoms with Crippen LogP contribution in [0.1, 0.15) is 31.4 Å². The van der Waals surface area contributed by atoms with Gasteiger partial charge in [-0.25, -0.2) is 9.97 Å². The highest BCUT2D eigenvalue weighted by Gasteiger charge is 2.37. The summed E-state index contributed by atoms with van der Waals surface area (Å²) < 4.78 is 51.8. The van der Waals surface area contributed by atoms with Gasteiger partial charge in [-0.05, 0) is 24.5 Å². The molecule has 2 aromatic heterocycles. The number of imidazole rings is 1. The summed E-state index contributed by atoms with van der Waals surface area (Å²) in [5.74, 6) is 2.26. The first-order valence-electron chi connectivity index (χ1n) is 11.6. The Kier molecular flexibility index (Phi) is 6.16. The van der Waals surface area contributed by atoms with Gasteiger partial charge >= 0.3 is 6.18 Å². The molecule has 1 aliphatic carbocycles. The predicted octanol–water partition coefficient (Wildman–Crippen LogP) is 4.91. The maximum Gasteiger partial charge on any atom is 0.391 e. The molecule has 3 aromatic rings. The fourth-order valence-electron chi connectivity index (χ4n) is 4.40. The van der Waals surface area contributed by atoms with Crippen LogP contribution in [-0.2, 0) is 6.42 Å². The van der Waals surface area contributed by atoms with Crippen LogP contribution >= 0.6 is 0 Å². The van der Waals surface area contributed by atoms with Gasteiger partial charge < -0.3 is 24.3 Å². The fraction of sp³-hybridized carbons (Fsp3) is 0.458. The van der Waals surface area contributed by atoms with Crippen molar-refractivity contribution in [1.29, 1.82) is 0 Å². The van der Waals surface area contributed by atoms with Crippen LogP contribution in [0.25, 0.3) is 5.69 Å². The Bertz CT molecular complexity index is 1190. The summed E-state index contributed by atoms with van der Waals surface area (Å²) in [7, 11) is 3.17. The van der Waals surface area contributed by atoms with Crippen molar-refractivity contribution in [2.45, 2.75) is 44.3 Å². The molecule has 1 aromatic carbocycles. The van der Waals surface area contributed by atoms with E-state index in [1.54, 1.807) is 20.5 Å². The van der Waals surface area contributed by atoms with Crippen LogP contribution in [-0.4, -0.2) is 52.5 Å². The molecule has 8 nitrogen and oxygen atoms in total. The highest BCUT2D eigenvalue weighted by Crippen LogP contribution is 2.36. The summed E-state index contributed by atoms with van der Waals surface area (Å²) >= 11 is 0. The number of hydrogen-bond acceptors (Lipinski definition) is 7. The molecule has 186 valence electrons. The first-order valence-corrected chi connectivity index (χ1v) is 11.6. The number of ether oxygens (including phenoxy) is 2. The van der Waals surface area contributed by atoms with E-state index >= 15 is 0 Å². The zero-order valence-corrected chi connectivity index (χ0v) is 19.5. The monoisotopic (exact) mass is 488 g/mol. The van der Waals surface area contributed by atoms with Crippen molar-refractivity contribution in [3.63, 3.8) is 0 Å². The predicted molar refractivity (Wildman–Crippen MR) is 125 cm³/mol. The van der Waals surface area contributed by atoms with Crippen LogP contribution in [0.4, 0.5) is 30.6 Å². The Morgan fingerprint density at radius 3 is 2.77 bits per heavy atom. The van der Waals surface area contributed by atoms with Gasteiger partial charge in [0, 0.05) is 25.0 Å². The van der Waals surface area contributed by atoms with Gasteiger partial charge in [-0.2, -0.15) is 18.2 Å². The van der Waals surface area contributed by atoms with Crippen LogP contribution < -0.4 is 19.7 Å². The minimum absolute atomic E-state index is 0.0750. The molecule has 0 bridgehead atoms. The summed E-state index contributed by atoms with van der Waals surface area (Å²) in [6.45, 7) is -0.0750. The third kappa shape index (κ3) is 5.13. The van der Waals surface area contributed by atoms with Gasteiger partial charge in [0.1, 0.15) is 12.4 Å². The maximum absolute atomic E-state index is 12.9. The minimum Gasteiger partial charge on any atom is -0.494 e. The third-order valence-electron chi connectivity index (χ3n) is 6.59. The Labute approximate surface area is 201 Å². The molecule has 1 atom stereocenters. The van der Waals surface area contributed by atoms with Crippen LogP contribution in [0.5, 0.6) is 11.5 Å². The molecule has 3 heterocycles. The lowest BCUT2D eigenvalue weighted by atomic mass is 9.82. The van der Waals surface area contributed by atoms with Crippen molar-refractivity contribution in [3.8, 4) is 17.2 Å². The van der Waals surface area contributed by atoms with Crippen molar-refractivity contribution in [1.82, 2.24) is 19.5 Å². The molecule has 1 unspecified atom stereocenters. The highest BCUT2D eigenvalue weighted by molar-refractivity contribution is 5.64. The van der Waals surface area contributed by atoms with Gasteiger partial charge in [-0.15, -0.1) is 0 Å². The average molecular weight is 489 g/mol. The molecular formula is C24H27F3N6O2. The maximum atomic E-state index is 12.9. The number of alkyl halides is 3. The van der Waals surface area contributed by atoms with Gasteiger partial charge in [-0.3, -0.25) is 0 Å². The summed E-state index contributed by atoms with van der Waals surface area (Å²) in [6.07, 6.45) is 4.85. The molecule has 0 amide bonds. The summed E-state index contributed by atoms with van der Waals surface area (Å²) in [6, 6.07) is 4.73. The fourth-order valence-corrected chi connectivity index (χ4v) is 4.40. The Hall–Kier alpha value is -3.50. The van der Waals surface area contributed by atoms with Crippen molar-refractivity contribution < 1.29 is 22.6 Å². The number of hydrogen-bond donors (Lipinski definition) is 1. The van der Waals surface area contributed by atoms with Crippen molar-refractivity contribution in [3.05, 3.63) is 42.6 Å². The average Bonchev–Trinajstić information content (AvgIpc) is 3.26. The van der Waals surface area contributed by atoms with E-state index < -0.39 is 18.6 Å². The van der Waals surface area contributed by atoms with Gasteiger partial charge in [0.15, 0.2) is 11.6 Å². The lowest BCUT2D eigenvalue weighted by Crippen LogP contribution is -2.43. The van der Waals surface area contributed by atoms with E-state index in [-0.39, 0.29) is 12.6 Å². The quantitative estimate of drug-likeness (QED) is 0.507. The van der Waals surface area contributed by atoms with E-state index in [0.717, 1.165) is 23.7 Å². The zero-order chi connectivity index (χ0) is 24.6. The second-order valence-corrected chi connectivity index (χ2v) is 9.06. The standard InChI is InChI=1S/C24H27F3N6O2/c1-32-18(10-24(25,26)27)13-35-21-11-28-23(31-22(21)32)30-16-6-7-19(20(9-16)34-2)33-12-17(29-14-33)8-15-4-3-5-15/h6-7,9,11-12,14-15,18H,3-5,8,10,13H2,1-2H3,(H,28,30,31). The van der Waals surface area contributed by atoms with E-state index in [1.165, 1.54) is 30.4 Å². The smallest absolute Gasteiger partial charge is 0.391 e. The highest BCUT2D eigenvalue weighted by atomic mass is 19.4. The normalized spacial score (nSPS) is 18.0. The van der Waals surface area contributed by atoms with E-state index in [9.17, 15) is 13.2 Å². The van der Waals surface area contributed by atoms with Crippen molar-refractivity contribution in [2.75, 3.05) is 31.0 Å². The Balaban J connectivity index is 1.33. The van der Waals surface area contributed by atoms with E-state index in [0.29, 0.717) is 23.0 Å². The summed E-state index contributed by atoms with van der Waals surface area (Å²) in [5.41, 5.74) is 2.59. The molecular weight excluding hydrogens is 461 g/mol. The number of methoxy groups -OCH3 is 1. The molecule has 1 N–H and O–H groups in total. The second-order valence-electron chi connectivity index (χ2n) is 9.06. The summed E-state index contributed by atoms with van der Waals surface area (Å²) in [4.78, 5) is 14.7. The number of benzene rings is 1. The van der Waals surface area contributed by atoms with Gasteiger partial charge in [-0.1, -0.05) is 19.3 Å². The molecule has 11 heteroatoms. The lowest BCUT2D eigenvalue weighted by molar-refractivity contribution is -0.140. The number of fused-ring (bicyclic) bond motifs is 1. The van der Waals surface area contributed by atoms with Gasteiger partial charge in [0.05, 0.1) is 43.5 Å². The van der Waals surface area contributed by atoms with Gasteiger partial charge in [0.2, 0.25) is 5.95 Å². The number of nitrogens with one attached hydrogen (secondary N) is 1. The molecule has 1 aliphatic heterocycles.